The molecule has 0 saturated heterocycles. The van der Waals surface area contributed by atoms with E-state index in [1.54, 1.807) is 31.5 Å². The van der Waals surface area contributed by atoms with Gasteiger partial charge in [0.1, 0.15) is 11.4 Å². The number of hydrogen-bond acceptors (Lipinski definition) is 4. The van der Waals surface area contributed by atoms with Gasteiger partial charge in [0, 0.05) is 18.9 Å². The lowest BCUT2D eigenvalue weighted by Crippen LogP contribution is -2.44. The van der Waals surface area contributed by atoms with E-state index >= 15 is 0 Å². The van der Waals surface area contributed by atoms with Crippen molar-refractivity contribution in [2.75, 3.05) is 13.1 Å². The molecule has 0 spiro atoms. The van der Waals surface area contributed by atoms with Gasteiger partial charge in [-0.2, -0.15) is 5.10 Å². The highest BCUT2D eigenvalue weighted by atomic mass is 16.4. The van der Waals surface area contributed by atoms with Crippen molar-refractivity contribution >= 4 is 5.96 Å². The molecule has 0 aliphatic rings. The highest BCUT2D eigenvalue weighted by Gasteiger charge is 2.26. The van der Waals surface area contributed by atoms with Crippen LogP contribution in [0, 0.1) is 0 Å². The van der Waals surface area contributed by atoms with E-state index in [1.807, 2.05) is 29.9 Å². The fraction of sp³-hybridized carbons (Fsp3) is 0.333. The second-order valence-corrected chi connectivity index (χ2v) is 6.82. The SMILES string of the molecule is CCNC(=NCc1cccc(Cn2cccn2)c1)NCC(C)(O)c1ccco1. The first kappa shape index (κ1) is 19.7. The maximum atomic E-state index is 10.6. The van der Waals surface area contributed by atoms with Crippen LogP contribution in [0.4, 0.5) is 0 Å². The summed E-state index contributed by atoms with van der Waals surface area (Å²) >= 11 is 0. The maximum Gasteiger partial charge on any atom is 0.191 e. The first-order valence-electron chi connectivity index (χ1n) is 9.40. The number of aromatic nitrogens is 2. The Kier molecular flexibility index (Phi) is 6.49. The zero-order valence-electron chi connectivity index (χ0n) is 16.3. The molecular weight excluding hydrogens is 354 g/mol. The molecule has 1 aromatic carbocycles. The summed E-state index contributed by atoms with van der Waals surface area (Å²) in [6, 6.07) is 13.7. The molecule has 2 aromatic heterocycles. The summed E-state index contributed by atoms with van der Waals surface area (Å²) in [7, 11) is 0. The first-order valence-corrected chi connectivity index (χ1v) is 9.40. The standard InChI is InChI=1S/C21H27N5O2/c1-3-22-20(24-16-21(2,27)19-9-5-12-28-19)23-14-17-7-4-8-18(13-17)15-26-11-6-10-25-26/h4-13,27H,3,14-16H2,1-2H3,(H2,22,23,24). The molecule has 3 N–H and O–H groups in total. The fourth-order valence-corrected chi connectivity index (χ4v) is 2.85. The van der Waals surface area contributed by atoms with Crippen LogP contribution < -0.4 is 10.6 Å². The largest absolute Gasteiger partial charge is 0.466 e. The Labute approximate surface area is 165 Å². The van der Waals surface area contributed by atoms with Gasteiger partial charge in [-0.25, -0.2) is 4.99 Å². The van der Waals surface area contributed by atoms with Crippen molar-refractivity contribution in [2.24, 2.45) is 4.99 Å². The van der Waals surface area contributed by atoms with E-state index in [2.05, 4.69) is 38.9 Å². The van der Waals surface area contributed by atoms with Crippen molar-refractivity contribution < 1.29 is 9.52 Å². The number of guanidine groups is 1. The molecule has 148 valence electrons. The molecule has 0 saturated carbocycles. The Hall–Kier alpha value is -3.06. The Morgan fingerprint density at radius 1 is 1.21 bits per heavy atom. The molecule has 7 nitrogen and oxygen atoms in total. The average molecular weight is 381 g/mol. The van der Waals surface area contributed by atoms with E-state index in [-0.39, 0.29) is 6.54 Å². The number of nitrogens with zero attached hydrogens (tertiary/aromatic N) is 3. The molecular formula is C21H27N5O2. The van der Waals surface area contributed by atoms with Crippen LogP contribution in [0.3, 0.4) is 0 Å². The number of hydrogen-bond donors (Lipinski definition) is 3. The summed E-state index contributed by atoms with van der Waals surface area (Å²) in [5.74, 6) is 1.16. The zero-order chi connectivity index (χ0) is 19.8. The molecule has 7 heteroatoms. The van der Waals surface area contributed by atoms with E-state index in [1.165, 1.54) is 5.56 Å². The lowest BCUT2D eigenvalue weighted by atomic mass is 10.0. The number of aliphatic imine (C=N–C) groups is 1. The summed E-state index contributed by atoms with van der Waals surface area (Å²) in [5.41, 5.74) is 1.17. The van der Waals surface area contributed by atoms with Crippen LogP contribution in [-0.4, -0.2) is 33.9 Å². The Morgan fingerprint density at radius 3 is 2.79 bits per heavy atom. The van der Waals surface area contributed by atoms with Gasteiger partial charge in [0.05, 0.1) is 25.9 Å². The van der Waals surface area contributed by atoms with Gasteiger partial charge in [-0.1, -0.05) is 24.3 Å². The molecule has 1 unspecified atom stereocenters. The highest BCUT2D eigenvalue weighted by molar-refractivity contribution is 5.79. The van der Waals surface area contributed by atoms with Crippen LogP contribution >= 0.6 is 0 Å². The molecule has 0 bridgehead atoms. The van der Waals surface area contributed by atoms with Crippen LogP contribution in [0.1, 0.15) is 30.7 Å². The van der Waals surface area contributed by atoms with Gasteiger partial charge >= 0.3 is 0 Å². The number of furan rings is 1. The molecule has 28 heavy (non-hydrogen) atoms. The van der Waals surface area contributed by atoms with Gasteiger partial charge in [-0.15, -0.1) is 0 Å². The molecule has 3 aromatic rings. The average Bonchev–Trinajstić information content (AvgIpc) is 3.39. The Morgan fingerprint density at radius 2 is 2.07 bits per heavy atom. The van der Waals surface area contributed by atoms with E-state index in [4.69, 9.17) is 4.42 Å². The minimum Gasteiger partial charge on any atom is -0.466 e. The molecule has 0 aliphatic carbocycles. The second-order valence-electron chi connectivity index (χ2n) is 6.82. The van der Waals surface area contributed by atoms with Gasteiger partial charge in [0.25, 0.3) is 0 Å². The van der Waals surface area contributed by atoms with E-state index < -0.39 is 5.60 Å². The second kappa shape index (κ2) is 9.23. The van der Waals surface area contributed by atoms with Gasteiger partial charge in [-0.05, 0) is 43.2 Å². The van der Waals surface area contributed by atoms with Crippen LogP contribution in [-0.2, 0) is 18.7 Å². The third-order valence-corrected chi connectivity index (χ3v) is 4.31. The van der Waals surface area contributed by atoms with Gasteiger partial charge in [-0.3, -0.25) is 4.68 Å². The number of nitrogens with one attached hydrogen (secondary N) is 2. The van der Waals surface area contributed by atoms with Crippen molar-refractivity contribution in [3.63, 3.8) is 0 Å². The summed E-state index contributed by atoms with van der Waals surface area (Å²) in [4.78, 5) is 4.64. The van der Waals surface area contributed by atoms with Gasteiger partial charge < -0.3 is 20.2 Å². The lowest BCUT2D eigenvalue weighted by molar-refractivity contribution is 0.0386. The fourth-order valence-electron chi connectivity index (χ4n) is 2.85. The number of rotatable bonds is 8. The maximum absolute atomic E-state index is 10.6. The first-order chi connectivity index (χ1) is 13.6. The van der Waals surface area contributed by atoms with Gasteiger partial charge in [0.15, 0.2) is 5.96 Å². The Balaban J connectivity index is 1.62. The van der Waals surface area contributed by atoms with Gasteiger partial charge in [0.2, 0.25) is 0 Å². The minimum atomic E-state index is -1.12. The molecule has 0 fully saturated rings. The molecule has 1 atom stereocenters. The number of benzene rings is 1. The summed E-state index contributed by atoms with van der Waals surface area (Å²) < 4.78 is 7.21. The van der Waals surface area contributed by atoms with Crippen LogP contribution in [0.2, 0.25) is 0 Å². The zero-order valence-corrected chi connectivity index (χ0v) is 16.3. The predicted molar refractivity (Wildman–Crippen MR) is 109 cm³/mol. The molecule has 0 amide bonds. The van der Waals surface area contributed by atoms with Crippen molar-refractivity contribution in [1.82, 2.24) is 20.4 Å². The smallest absolute Gasteiger partial charge is 0.191 e. The summed E-state index contributed by atoms with van der Waals surface area (Å²) in [6.07, 6.45) is 5.28. The molecule has 0 aliphatic heterocycles. The predicted octanol–water partition coefficient (Wildman–Crippen LogP) is 2.49. The molecule has 2 heterocycles. The molecule has 3 rings (SSSR count). The van der Waals surface area contributed by atoms with Crippen molar-refractivity contribution in [1.29, 1.82) is 0 Å². The van der Waals surface area contributed by atoms with Crippen molar-refractivity contribution in [3.8, 4) is 0 Å². The van der Waals surface area contributed by atoms with Crippen molar-refractivity contribution in [2.45, 2.75) is 32.5 Å². The minimum absolute atomic E-state index is 0.283. The lowest BCUT2D eigenvalue weighted by Gasteiger charge is -2.22. The van der Waals surface area contributed by atoms with Crippen LogP contribution in [0.25, 0.3) is 0 Å². The topological polar surface area (TPSA) is 87.6 Å². The van der Waals surface area contributed by atoms with Crippen LogP contribution in [0.5, 0.6) is 0 Å². The number of aliphatic hydroxyl groups is 1. The van der Waals surface area contributed by atoms with Crippen molar-refractivity contribution in [3.05, 3.63) is 78.0 Å². The third kappa shape index (κ3) is 5.47. The highest BCUT2D eigenvalue weighted by Crippen LogP contribution is 2.19. The quantitative estimate of drug-likeness (QED) is 0.412. The van der Waals surface area contributed by atoms with E-state index in [0.29, 0.717) is 18.3 Å². The van der Waals surface area contributed by atoms with E-state index in [0.717, 1.165) is 18.7 Å². The Bertz CT molecular complexity index is 870. The molecule has 0 radical (unpaired) electrons. The van der Waals surface area contributed by atoms with Crippen LogP contribution in [0.15, 0.2) is 70.5 Å². The monoisotopic (exact) mass is 381 g/mol. The van der Waals surface area contributed by atoms with E-state index in [9.17, 15) is 5.11 Å². The normalized spacial score (nSPS) is 13.9. The summed E-state index contributed by atoms with van der Waals surface area (Å²) in [6.45, 7) is 5.99. The third-order valence-electron chi connectivity index (χ3n) is 4.31. The summed E-state index contributed by atoms with van der Waals surface area (Å²) in [5, 5.41) is 21.2.